The molecule has 0 fully saturated rings. The number of halogens is 1. The van der Waals surface area contributed by atoms with Gasteiger partial charge in [0.1, 0.15) is 5.65 Å². The van der Waals surface area contributed by atoms with Crippen LogP contribution in [0, 0.1) is 0 Å². The maximum absolute atomic E-state index is 4.10. The van der Waals surface area contributed by atoms with Crippen molar-refractivity contribution in [2.75, 3.05) is 0 Å². The van der Waals surface area contributed by atoms with E-state index < -0.39 is 0 Å². The Hall–Kier alpha value is -1.02. The number of nitrogens with zero attached hydrogens (tertiary/aromatic N) is 2. The molecule has 0 aliphatic carbocycles. The van der Waals surface area contributed by atoms with Crippen molar-refractivity contribution in [1.29, 1.82) is 0 Å². The zero-order chi connectivity index (χ0) is 6.10. The molecule has 3 heteroatoms. The van der Waals surface area contributed by atoms with Crippen LogP contribution in [-0.4, -0.2) is 9.38 Å². The smallest absolute Gasteiger partial charge is 0.136 e. The lowest BCUT2D eigenvalue weighted by Gasteiger charge is -1.87. The zero-order valence-electron chi connectivity index (χ0n) is 5.27. The Morgan fingerprint density at radius 3 is 2.80 bits per heavy atom. The molecule has 0 saturated heterocycles. The van der Waals surface area contributed by atoms with Crippen molar-refractivity contribution in [3.05, 3.63) is 36.8 Å². The highest BCUT2D eigenvalue weighted by Gasteiger charge is 1.85. The molecule has 2 nitrogen and oxygen atoms in total. The van der Waals surface area contributed by atoms with Crippen LogP contribution in [0.1, 0.15) is 0 Å². The quantitative estimate of drug-likeness (QED) is 0.565. The Labute approximate surface area is 64.9 Å². The second kappa shape index (κ2) is 2.71. The van der Waals surface area contributed by atoms with E-state index >= 15 is 0 Å². The topological polar surface area (TPSA) is 17.3 Å². The molecule has 0 N–H and O–H groups in total. The van der Waals surface area contributed by atoms with Crippen LogP contribution in [0.3, 0.4) is 0 Å². The average Bonchev–Trinajstić information content (AvgIpc) is 2.33. The third-order valence-corrected chi connectivity index (χ3v) is 1.30. The van der Waals surface area contributed by atoms with E-state index in [1.54, 1.807) is 6.20 Å². The van der Waals surface area contributed by atoms with Gasteiger partial charge in [-0.05, 0) is 18.2 Å². The molecule has 2 rings (SSSR count). The van der Waals surface area contributed by atoms with Crippen LogP contribution >= 0.6 is 12.4 Å². The molecular formula is C7H7ClN2. The largest absolute Gasteiger partial charge is 0.309 e. The lowest BCUT2D eigenvalue weighted by Crippen LogP contribution is -1.80. The normalized spacial score (nSPS) is 9.20. The SMILES string of the molecule is Cl.c1cnc2cccn2c1. The van der Waals surface area contributed by atoms with Crippen LogP contribution in [-0.2, 0) is 0 Å². The van der Waals surface area contributed by atoms with Gasteiger partial charge in [0.05, 0.1) is 0 Å². The second-order valence-electron chi connectivity index (χ2n) is 1.89. The summed E-state index contributed by atoms with van der Waals surface area (Å²) in [4.78, 5) is 4.10. The minimum absolute atomic E-state index is 0. The van der Waals surface area contributed by atoms with Gasteiger partial charge in [-0.3, -0.25) is 0 Å². The lowest BCUT2D eigenvalue weighted by atomic mass is 10.6. The fourth-order valence-corrected chi connectivity index (χ4v) is 0.871. The highest BCUT2D eigenvalue weighted by Crippen LogP contribution is 1.96. The van der Waals surface area contributed by atoms with Gasteiger partial charge in [0, 0.05) is 18.6 Å². The van der Waals surface area contributed by atoms with Crippen LogP contribution in [0.4, 0.5) is 0 Å². The van der Waals surface area contributed by atoms with Gasteiger partial charge in [-0.25, -0.2) is 4.98 Å². The summed E-state index contributed by atoms with van der Waals surface area (Å²) in [5, 5.41) is 0. The minimum Gasteiger partial charge on any atom is -0.309 e. The monoisotopic (exact) mass is 154 g/mol. The molecule has 2 aromatic heterocycles. The maximum Gasteiger partial charge on any atom is 0.136 e. The molecule has 0 aliphatic heterocycles. The Bertz CT molecular complexity index is 286. The molecular weight excluding hydrogens is 148 g/mol. The van der Waals surface area contributed by atoms with Crippen molar-refractivity contribution >= 4 is 18.1 Å². The van der Waals surface area contributed by atoms with Gasteiger partial charge >= 0.3 is 0 Å². The fourth-order valence-electron chi connectivity index (χ4n) is 0.871. The van der Waals surface area contributed by atoms with Crippen LogP contribution < -0.4 is 0 Å². The molecule has 0 aromatic carbocycles. The van der Waals surface area contributed by atoms with Crippen molar-refractivity contribution < 1.29 is 0 Å². The maximum atomic E-state index is 4.10. The Morgan fingerprint density at radius 1 is 1.20 bits per heavy atom. The van der Waals surface area contributed by atoms with Gasteiger partial charge in [-0.15, -0.1) is 12.4 Å². The summed E-state index contributed by atoms with van der Waals surface area (Å²) in [7, 11) is 0. The van der Waals surface area contributed by atoms with Crippen molar-refractivity contribution in [1.82, 2.24) is 9.38 Å². The Morgan fingerprint density at radius 2 is 2.00 bits per heavy atom. The summed E-state index contributed by atoms with van der Waals surface area (Å²) in [6, 6.07) is 5.86. The summed E-state index contributed by atoms with van der Waals surface area (Å²) in [5.41, 5.74) is 0.998. The van der Waals surface area contributed by atoms with Gasteiger partial charge in [-0.1, -0.05) is 0 Å². The lowest BCUT2D eigenvalue weighted by molar-refractivity contribution is 1.13. The van der Waals surface area contributed by atoms with Crippen LogP contribution in [0.5, 0.6) is 0 Å². The van der Waals surface area contributed by atoms with E-state index in [2.05, 4.69) is 4.98 Å². The highest BCUT2D eigenvalue weighted by molar-refractivity contribution is 5.85. The number of fused-ring (bicyclic) bond motifs is 1. The van der Waals surface area contributed by atoms with Crippen molar-refractivity contribution in [2.24, 2.45) is 0 Å². The van der Waals surface area contributed by atoms with E-state index in [0.29, 0.717) is 0 Å². The summed E-state index contributed by atoms with van der Waals surface area (Å²) in [6.07, 6.45) is 5.74. The molecule has 10 heavy (non-hydrogen) atoms. The van der Waals surface area contributed by atoms with E-state index in [0.717, 1.165) is 5.65 Å². The van der Waals surface area contributed by atoms with Crippen LogP contribution in [0.15, 0.2) is 36.8 Å². The molecule has 52 valence electrons. The third kappa shape index (κ3) is 0.977. The first-order valence-corrected chi connectivity index (χ1v) is 2.84. The molecule has 0 radical (unpaired) electrons. The number of rotatable bonds is 0. The van der Waals surface area contributed by atoms with E-state index in [-0.39, 0.29) is 12.4 Å². The summed E-state index contributed by atoms with van der Waals surface area (Å²) in [5.74, 6) is 0. The molecule has 0 aliphatic rings. The van der Waals surface area contributed by atoms with Gasteiger partial charge in [-0.2, -0.15) is 0 Å². The predicted molar refractivity (Wildman–Crippen MR) is 42.4 cm³/mol. The van der Waals surface area contributed by atoms with Crippen LogP contribution in [0.25, 0.3) is 5.65 Å². The molecule has 0 bridgehead atoms. The van der Waals surface area contributed by atoms with Gasteiger partial charge in [0.25, 0.3) is 0 Å². The average molecular weight is 155 g/mol. The van der Waals surface area contributed by atoms with Gasteiger partial charge in [0.2, 0.25) is 0 Å². The molecule has 2 heterocycles. The Balaban J connectivity index is 0.000000500. The van der Waals surface area contributed by atoms with Gasteiger partial charge < -0.3 is 4.40 Å². The van der Waals surface area contributed by atoms with Crippen molar-refractivity contribution in [3.63, 3.8) is 0 Å². The summed E-state index contributed by atoms with van der Waals surface area (Å²) in [6.45, 7) is 0. The molecule has 0 spiro atoms. The molecule has 0 amide bonds. The Kier molecular flexibility index (Phi) is 1.92. The molecule has 0 unspecified atom stereocenters. The summed E-state index contributed by atoms with van der Waals surface area (Å²) >= 11 is 0. The van der Waals surface area contributed by atoms with E-state index in [4.69, 9.17) is 0 Å². The summed E-state index contributed by atoms with van der Waals surface area (Å²) < 4.78 is 1.97. The first-order chi connectivity index (χ1) is 4.47. The first kappa shape index (κ1) is 7.09. The van der Waals surface area contributed by atoms with Gasteiger partial charge in [0.15, 0.2) is 0 Å². The molecule has 0 saturated carbocycles. The van der Waals surface area contributed by atoms with Crippen LogP contribution in [0.2, 0.25) is 0 Å². The van der Waals surface area contributed by atoms with Crippen molar-refractivity contribution in [2.45, 2.75) is 0 Å². The highest BCUT2D eigenvalue weighted by atomic mass is 35.5. The zero-order valence-corrected chi connectivity index (χ0v) is 6.08. The second-order valence-corrected chi connectivity index (χ2v) is 1.89. The van der Waals surface area contributed by atoms with E-state index in [1.165, 1.54) is 0 Å². The molecule has 0 atom stereocenters. The first-order valence-electron chi connectivity index (χ1n) is 2.84. The standard InChI is InChI=1S/C7H6N2.ClH/c1-3-7-8-4-2-6-9(7)5-1;/h1-6H;1H. The predicted octanol–water partition coefficient (Wildman–Crippen LogP) is 1.76. The minimum atomic E-state index is 0. The number of hydrogen-bond acceptors (Lipinski definition) is 1. The number of hydrogen-bond donors (Lipinski definition) is 0. The third-order valence-electron chi connectivity index (χ3n) is 1.30. The van der Waals surface area contributed by atoms with E-state index in [1.807, 2.05) is 35.0 Å². The molecule has 2 aromatic rings. The van der Waals surface area contributed by atoms with E-state index in [9.17, 15) is 0 Å². The fraction of sp³-hybridized carbons (Fsp3) is 0. The van der Waals surface area contributed by atoms with Crippen molar-refractivity contribution in [3.8, 4) is 0 Å². The number of aromatic nitrogens is 2.